The van der Waals surface area contributed by atoms with Gasteiger partial charge in [0.1, 0.15) is 11.1 Å². The van der Waals surface area contributed by atoms with E-state index in [2.05, 4.69) is 10.0 Å². The van der Waals surface area contributed by atoms with E-state index < -0.39 is 15.9 Å². The summed E-state index contributed by atoms with van der Waals surface area (Å²) in [5.41, 5.74) is 1.20. The lowest BCUT2D eigenvalue weighted by atomic mass is 10.0. The van der Waals surface area contributed by atoms with Crippen LogP contribution in [0.2, 0.25) is 0 Å². The van der Waals surface area contributed by atoms with Gasteiger partial charge >= 0.3 is 0 Å². The zero-order valence-electron chi connectivity index (χ0n) is 11.6. The number of carbonyl (C=O) groups is 1. The molecule has 1 aromatic heterocycles. The van der Waals surface area contributed by atoms with Crippen molar-refractivity contribution in [2.24, 2.45) is 0 Å². The molecule has 114 valence electrons. The van der Waals surface area contributed by atoms with Crippen molar-refractivity contribution in [1.82, 2.24) is 5.32 Å². The second-order valence-electron chi connectivity index (χ2n) is 4.52. The zero-order valence-corrected chi connectivity index (χ0v) is 12.5. The summed E-state index contributed by atoms with van der Waals surface area (Å²) in [6.07, 6.45) is 1.31. The molecule has 0 saturated heterocycles. The molecule has 1 heterocycles. The maximum Gasteiger partial charge on any atom is 0.257 e. The minimum absolute atomic E-state index is 0.0910. The van der Waals surface area contributed by atoms with Gasteiger partial charge in [0.2, 0.25) is 15.9 Å². The molecule has 1 amide bonds. The van der Waals surface area contributed by atoms with Crippen molar-refractivity contribution < 1.29 is 22.7 Å². The van der Waals surface area contributed by atoms with Crippen molar-refractivity contribution in [1.29, 1.82) is 0 Å². The third-order valence-corrected chi connectivity index (χ3v) is 3.47. The van der Waals surface area contributed by atoms with E-state index in [1.165, 1.54) is 7.05 Å². The van der Waals surface area contributed by atoms with Crippen molar-refractivity contribution in [3.63, 3.8) is 0 Å². The number of rotatable bonds is 5. The highest BCUT2D eigenvalue weighted by Crippen LogP contribution is 2.33. The minimum Gasteiger partial charge on any atom is -0.439 e. The summed E-state index contributed by atoms with van der Waals surface area (Å²) < 4.78 is 30.5. The zero-order chi connectivity index (χ0) is 15.6. The molecular weight excluding hydrogens is 296 g/mol. The Morgan fingerprint density at radius 1 is 1.38 bits per heavy atom. The van der Waals surface area contributed by atoms with E-state index >= 15 is 0 Å². The third kappa shape index (κ3) is 3.17. The molecule has 0 fully saturated rings. The van der Waals surface area contributed by atoms with Gasteiger partial charge in [0, 0.05) is 19.0 Å². The van der Waals surface area contributed by atoms with E-state index in [1.807, 2.05) is 0 Å². The second kappa shape index (κ2) is 5.74. The summed E-state index contributed by atoms with van der Waals surface area (Å²) in [6.45, 7) is -0.0910. The molecule has 2 rings (SSSR count). The van der Waals surface area contributed by atoms with Crippen LogP contribution in [0.3, 0.4) is 0 Å². The first-order valence-electron chi connectivity index (χ1n) is 6.22. The number of hydrogen-bond acceptors (Lipinski definition) is 5. The summed E-state index contributed by atoms with van der Waals surface area (Å²) in [5, 5.41) is 12.1. The smallest absolute Gasteiger partial charge is 0.257 e. The number of aliphatic hydroxyl groups excluding tert-OH is 1. The summed E-state index contributed by atoms with van der Waals surface area (Å²) in [6, 6.07) is 5.11. The molecule has 0 radical (unpaired) electrons. The van der Waals surface area contributed by atoms with Gasteiger partial charge in [-0.3, -0.25) is 9.52 Å². The fraction of sp³-hybridized carbons (Fsp3) is 0.308. The Bertz CT molecular complexity index is 779. The third-order valence-electron chi connectivity index (χ3n) is 2.91. The van der Waals surface area contributed by atoms with Crippen LogP contribution in [0.15, 0.2) is 22.6 Å². The van der Waals surface area contributed by atoms with Gasteiger partial charge in [-0.25, -0.2) is 8.42 Å². The number of fused-ring (bicyclic) bond motifs is 1. The Balaban J connectivity index is 2.74. The second-order valence-corrected chi connectivity index (χ2v) is 6.27. The van der Waals surface area contributed by atoms with Crippen LogP contribution in [-0.2, 0) is 16.4 Å². The number of amides is 1. The van der Waals surface area contributed by atoms with Crippen molar-refractivity contribution in [2.45, 2.75) is 6.42 Å². The van der Waals surface area contributed by atoms with Gasteiger partial charge in [0.25, 0.3) is 5.91 Å². The molecule has 1 aromatic carbocycles. The lowest BCUT2D eigenvalue weighted by molar-refractivity contribution is 0.0965. The molecule has 0 unspecified atom stereocenters. The molecule has 8 heteroatoms. The average molecular weight is 312 g/mol. The number of hydrogen-bond donors (Lipinski definition) is 3. The minimum atomic E-state index is -3.59. The first kappa shape index (κ1) is 15.3. The van der Waals surface area contributed by atoms with Crippen LogP contribution in [0.5, 0.6) is 0 Å². The molecule has 3 N–H and O–H groups in total. The van der Waals surface area contributed by atoms with Gasteiger partial charge in [-0.05, 0) is 18.1 Å². The SMILES string of the molecule is CNC(=O)c1c(NS(C)(=O)=O)oc2cccc(CCO)c12. The molecule has 21 heavy (non-hydrogen) atoms. The Hall–Kier alpha value is -2.06. The molecule has 0 aliphatic heterocycles. The number of sulfonamides is 1. The summed E-state index contributed by atoms with van der Waals surface area (Å²) >= 11 is 0. The molecule has 0 spiro atoms. The fourth-order valence-corrected chi connectivity index (χ4v) is 2.61. The largest absolute Gasteiger partial charge is 0.439 e. The highest BCUT2D eigenvalue weighted by molar-refractivity contribution is 7.92. The Morgan fingerprint density at radius 3 is 2.67 bits per heavy atom. The lowest BCUT2D eigenvalue weighted by Crippen LogP contribution is -2.20. The highest BCUT2D eigenvalue weighted by Gasteiger charge is 2.24. The van der Waals surface area contributed by atoms with Crippen molar-refractivity contribution in [2.75, 3.05) is 24.6 Å². The highest BCUT2D eigenvalue weighted by atomic mass is 32.2. The van der Waals surface area contributed by atoms with Crippen LogP contribution in [0.1, 0.15) is 15.9 Å². The molecule has 0 atom stereocenters. The normalized spacial score (nSPS) is 11.6. The molecule has 7 nitrogen and oxygen atoms in total. The summed E-state index contributed by atoms with van der Waals surface area (Å²) in [7, 11) is -2.14. The van der Waals surface area contributed by atoms with Crippen LogP contribution in [0.4, 0.5) is 5.88 Å². The van der Waals surface area contributed by atoms with E-state index in [0.717, 1.165) is 6.26 Å². The molecule has 2 aromatic rings. The first-order valence-corrected chi connectivity index (χ1v) is 8.11. The number of anilines is 1. The fourth-order valence-electron chi connectivity index (χ4n) is 2.13. The number of carbonyl (C=O) groups excluding carboxylic acids is 1. The van der Waals surface area contributed by atoms with Crippen molar-refractivity contribution in [3.8, 4) is 0 Å². The van der Waals surface area contributed by atoms with Crippen LogP contribution in [0, 0.1) is 0 Å². The van der Waals surface area contributed by atoms with Gasteiger partial charge in [-0.2, -0.15) is 0 Å². The lowest BCUT2D eigenvalue weighted by Gasteiger charge is -2.05. The molecular formula is C13H16N2O5S. The number of benzene rings is 1. The van der Waals surface area contributed by atoms with Crippen molar-refractivity contribution >= 4 is 32.8 Å². The van der Waals surface area contributed by atoms with Gasteiger partial charge < -0.3 is 14.8 Å². The molecule has 0 aliphatic rings. The predicted molar refractivity (Wildman–Crippen MR) is 78.9 cm³/mol. The number of nitrogens with one attached hydrogen (secondary N) is 2. The number of furan rings is 1. The molecule has 0 bridgehead atoms. The topological polar surface area (TPSA) is 109 Å². The van der Waals surface area contributed by atoms with Gasteiger partial charge in [0.15, 0.2) is 0 Å². The molecule has 0 aliphatic carbocycles. The van der Waals surface area contributed by atoms with Gasteiger partial charge in [-0.15, -0.1) is 0 Å². The maximum absolute atomic E-state index is 12.1. The quantitative estimate of drug-likeness (QED) is 0.753. The van der Waals surface area contributed by atoms with E-state index in [1.54, 1.807) is 18.2 Å². The Kier molecular flexibility index (Phi) is 4.19. The van der Waals surface area contributed by atoms with E-state index in [-0.39, 0.29) is 18.1 Å². The van der Waals surface area contributed by atoms with Crippen LogP contribution < -0.4 is 10.0 Å². The Morgan fingerprint density at radius 2 is 2.10 bits per heavy atom. The van der Waals surface area contributed by atoms with Crippen molar-refractivity contribution in [3.05, 3.63) is 29.3 Å². The van der Waals surface area contributed by atoms with Crippen LogP contribution >= 0.6 is 0 Å². The monoisotopic (exact) mass is 312 g/mol. The maximum atomic E-state index is 12.1. The van der Waals surface area contributed by atoms with Gasteiger partial charge in [0.05, 0.1) is 6.26 Å². The van der Waals surface area contributed by atoms with Crippen LogP contribution in [-0.4, -0.2) is 39.3 Å². The van der Waals surface area contributed by atoms with Gasteiger partial charge in [-0.1, -0.05) is 12.1 Å². The van der Waals surface area contributed by atoms with E-state index in [9.17, 15) is 13.2 Å². The average Bonchev–Trinajstić information content (AvgIpc) is 2.75. The number of aliphatic hydroxyl groups is 1. The summed E-state index contributed by atoms with van der Waals surface area (Å²) in [4.78, 5) is 12.1. The Labute approximate surface area is 122 Å². The predicted octanol–water partition coefficient (Wildman–Crippen LogP) is 0.699. The molecule has 0 saturated carbocycles. The van der Waals surface area contributed by atoms with E-state index in [0.29, 0.717) is 23.0 Å². The van der Waals surface area contributed by atoms with Crippen LogP contribution in [0.25, 0.3) is 11.0 Å². The first-order chi connectivity index (χ1) is 9.87. The van der Waals surface area contributed by atoms with E-state index in [4.69, 9.17) is 9.52 Å². The standard InChI is InChI=1S/C13H16N2O5S/c1-14-12(17)11-10-8(6-7-16)4-3-5-9(10)20-13(11)15-21(2,18)19/h3-5,15-16H,6-7H2,1-2H3,(H,14,17). The summed E-state index contributed by atoms with van der Waals surface area (Å²) in [5.74, 6) is -0.595.